The molecule has 0 aliphatic carbocycles. The van der Waals surface area contributed by atoms with Gasteiger partial charge in [-0.15, -0.1) is 5.10 Å². The predicted octanol–water partition coefficient (Wildman–Crippen LogP) is 4.68. The smallest absolute Gasteiger partial charge is 0.209 e. The van der Waals surface area contributed by atoms with Crippen molar-refractivity contribution < 1.29 is 13.9 Å². The van der Waals surface area contributed by atoms with E-state index < -0.39 is 0 Å². The maximum absolute atomic E-state index is 13.3. The molecule has 0 saturated carbocycles. The molecular weight excluding hydrogens is 409 g/mol. The van der Waals surface area contributed by atoms with Crippen LogP contribution in [0.4, 0.5) is 4.39 Å². The van der Waals surface area contributed by atoms with Crippen LogP contribution < -0.4 is 9.47 Å². The summed E-state index contributed by atoms with van der Waals surface area (Å²) in [6, 6.07) is 10.4. The average Bonchev–Trinajstić information content (AvgIpc) is 3.11. The number of methoxy groups -OCH3 is 2. The second-order valence-electron chi connectivity index (χ2n) is 5.07. The Hall–Kier alpha value is -2.06. The van der Waals surface area contributed by atoms with Crippen molar-refractivity contribution in [2.24, 2.45) is 0 Å². The molecule has 1 N–H and O–H groups in total. The number of aromatic nitrogens is 3. The van der Waals surface area contributed by atoms with Crippen LogP contribution in [-0.4, -0.2) is 29.4 Å². The monoisotopic (exact) mass is 423 g/mol. The Labute approximate surface area is 157 Å². The largest absolute Gasteiger partial charge is 0.497 e. The van der Waals surface area contributed by atoms with Crippen molar-refractivity contribution in [2.75, 3.05) is 14.2 Å². The second-order valence-corrected chi connectivity index (χ2v) is 6.87. The number of hydrogen-bond donors (Lipinski definition) is 1. The van der Waals surface area contributed by atoms with E-state index in [9.17, 15) is 4.39 Å². The highest BCUT2D eigenvalue weighted by atomic mass is 79.9. The molecule has 3 aromatic rings. The van der Waals surface area contributed by atoms with Gasteiger partial charge in [-0.1, -0.05) is 17.8 Å². The first-order valence-corrected chi connectivity index (χ1v) is 9.10. The molecule has 0 radical (unpaired) electrons. The maximum Gasteiger partial charge on any atom is 0.209 e. The van der Waals surface area contributed by atoms with E-state index in [0.29, 0.717) is 32.7 Å². The molecule has 1 heterocycles. The molecule has 2 aromatic carbocycles. The summed E-state index contributed by atoms with van der Waals surface area (Å²) < 4.78 is 24.3. The Bertz CT molecular complexity index is 888. The van der Waals surface area contributed by atoms with E-state index in [1.54, 1.807) is 32.4 Å². The summed E-state index contributed by atoms with van der Waals surface area (Å²) >= 11 is 4.65. The molecule has 0 spiro atoms. The molecular formula is C17H15BrFN3O2S. The fraction of sp³-hybridized carbons (Fsp3) is 0.176. The van der Waals surface area contributed by atoms with Crippen LogP contribution in [-0.2, 0) is 5.75 Å². The SMILES string of the molecule is COc1ccc(-c2nc(SCc3ccc(F)c(Br)c3)n[nH]2)c(OC)c1. The van der Waals surface area contributed by atoms with Gasteiger partial charge in [0.1, 0.15) is 17.3 Å². The van der Waals surface area contributed by atoms with Crippen molar-refractivity contribution in [3.63, 3.8) is 0 Å². The van der Waals surface area contributed by atoms with E-state index in [0.717, 1.165) is 11.1 Å². The zero-order valence-corrected chi connectivity index (χ0v) is 15.9. The van der Waals surface area contributed by atoms with Crippen LogP contribution >= 0.6 is 27.7 Å². The summed E-state index contributed by atoms with van der Waals surface area (Å²) in [7, 11) is 3.20. The Morgan fingerprint density at radius 2 is 2.00 bits per heavy atom. The van der Waals surface area contributed by atoms with Gasteiger partial charge in [-0.3, -0.25) is 5.10 Å². The van der Waals surface area contributed by atoms with Gasteiger partial charge >= 0.3 is 0 Å². The number of thioether (sulfide) groups is 1. The average molecular weight is 424 g/mol. The zero-order chi connectivity index (χ0) is 17.8. The molecule has 8 heteroatoms. The highest BCUT2D eigenvalue weighted by molar-refractivity contribution is 9.10. The third-order valence-corrected chi connectivity index (χ3v) is 5.01. The van der Waals surface area contributed by atoms with Gasteiger partial charge in [0.25, 0.3) is 0 Å². The number of ether oxygens (including phenoxy) is 2. The highest BCUT2D eigenvalue weighted by Crippen LogP contribution is 2.32. The summed E-state index contributed by atoms with van der Waals surface area (Å²) in [4.78, 5) is 4.49. The molecule has 0 saturated heterocycles. The third-order valence-electron chi connectivity index (χ3n) is 3.48. The van der Waals surface area contributed by atoms with Gasteiger partial charge in [0, 0.05) is 11.8 Å². The minimum absolute atomic E-state index is 0.277. The number of hydrogen-bond acceptors (Lipinski definition) is 5. The topological polar surface area (TPSA) is 60.0 Å². The van der Waals surface area contributed by atoms with Crippen molar-refractivity contribution in [1.82, 2.24) is 15.2 Å². The Morgan fingerprint density at radius 1 is 1.16 bits per heavy atom. The van der Waals surface area contributed by atoms with Gasteiger partial charge in [-0.25, -0.2) is 9.37 Å². The number of aromatic amines is 1. The van der Waals surface area contributed by atoms with E-state index in [1.165, 1.54) is 17.8 Å². The molecule has 25 heavy (non-hydrogen) atoms. The van der Waals surface area contributed by atoms with E-state index in [1.807, 2.05) is 12.1 Å². The van der Waals surface area contributed by atoms with Crippen LogP contribution in [0.15, 0.2) is 46.0 Å². The first kappa shape index (κ1) is 17.8. The zero-order valence-electron chi connectivity index (χ0n) is 13.5. The van der Waals surface area contributed by atoms with E-state index in [2.05, 4.69) is 31.1 Å². The predicted molar refractivity (Wildman–Crippen MR) is 98.6 cm³/mol. The van der Waals surface area contributed by atoms with Crippen molar-refractivity contribution in [1.29, 1.82) is 0 Å². The molecule has 3 rings (SSSR count). The van der Waals surface area contributed by atoms with Crippen LogP contribution in [0, 0.1) is 5.82 Å². The normalized spacial score (nSPS) is 10.7. The highest BCUT2D eigenvalue weighted by Gasteiger charge is 2.13. The van der Waals surface area contributed by atoms with Gasteiger partial charge in [0.15, 0.2) is 5.82 Å². The fourth-order valence-electron chi connectivity index (χ4n) is 2.20. The van der Waals surface area contributed by atoms with Crippen LogP contribution in [0.1, 0.15) is 5.56 Å². The van der Waals surface area contributed by atoms with E-state index >= 15 is 0 Å². The summed E-state index contributed by atoms with van der Waals surface area (Å²) in [5.41, 5.74) is 1.78. The lowest BCUT2D eigenvalue weighted by Crippen LogP contribution is -1.91. The Balaban J connectivity index is 1.75. The third kappa shape index (κ3) is 4.13. The van der Waals surface area contributed by atoms with Crippen molar-refractivity contribution in [2.45, 2.75) is 10.9 Å². The molecule has 0 aliphatic rings. The van der Waals surface area contributed by atoms with Gasteiger partial charge in [0.05, 0.1) is 24.3 Å². The van der Waals surface area contributed by atoms with E-state index in [4.69, 9.17) is 9.47 Å². The molecule has 5 nitrogen and oxygen atoms in total. The van der Waals surface area contributed by atoms with E-state index in [-0.39, 0.29) is 5.82 Å². The van der Waals surface area contributed by atoms with Crippen molar-refractivity contribution >= 4 is 27.7 Å². The second kappa shape index (κ2) is 7.88. The molecule has 0 aliphatic heterocycles. The lowest BCUT2D eigenvalue weighted by atomic mass is 10.2. The molecule has 0 unspecified atom stereocenters. The molecule has 0 atom stereocenters. The minimum atomic E-state index is -0.277. The summed E-state index contributed by atoms with van der Waals surface area (Å²) in [5, 5.41) is 7.74. The summed E-state index contributed by atoms with van der Waals surface area (Å²) in [6.45, 7) is 0. The van der Waals surface area contributed by atoms with Crippen molar-refractivity contribution in [3.05, 3.63) is 52.3 Å². The Kier molecular flexibility index (Phi) is 5.60. The van der Waals surface area contributed by atoms with Crippen LogP contribution in [0.3, 0.4) is 0 Å². The quantitative estimate of drug-likeness (QED) is 0.583. The fourth-order valence-corrected chi connectivity index (χ4v) is 3.37. The standard InChI is InChI=1S/C17H15BrFN3O2S/c1-23-11-4-5-12(15(8-11)24-2)16-20-17(22-21-16)25-9-10-3-6-14(19)13(18)7-10/h3-8H,9H2,1-2H3,(H,20,21,22). The van der Waals surface area contributed by atoms with Gasteiger partial charge < -0.3 is 9.47 Å². The lowest BCUT2D eigenvalue weighted by Gasteiger charge is -2.07. The van der Waals surface area contributed by atoms with Crippen LogP contribution in [0.5, 0.6) is 11.5 Å². The lowest BCUT2D eigenvalue weighted by molar-refractivity contribution is 0.395. The van der Waals surface area contributed by atoms with Crippen molar-refractivity contribution in [3.8, 4) is 22.9 Å². The molecule has 0 amide bonds. The maximum atomic E-state index is 13.3. The number of rotatable bonds is 6. The molecule has 0 bridgehead atoms. The van der Waals surface area contributed by atoms with Gasteiger partial charge in [-0.2, -0.15) is 0 Å². The Morgan fingerprint density at radius 3 is 2.72 bits per heavy atom. The number of H-pyrrole nitrogens is 1. The number of nitrogens with zero attached hydrogens (tertiary/aromatic N) is 2. The summed E-state index contributed by atoms with van der Waals surface area (Å²) in [5.74, 6) is 2.32. The minimum Gasteiger partial charge on any atom is -0.497 e. The molecule has 130 valence electrons. The number of nitrogens with one attached hydrogen (secondary N) is 1. The number of benzene rings is 2. The van der Waals surface area contributed by atoms with Gasteiger partial charge in [-0.05, 0) is 45.8 Å². The van der Waals surface area contributed by atoms with Crippen LogP contribution in [0.25, 0.3) is 11.4 Å². The van der Waals surface area contributed by atoms with Gasteiger partial charge in [0.2, 0.25) is 5.16 Å². The first-order valence-electron chi connectivity index (χ1n) is 7.32. The summed E-state index contributed by atoms with van der Waals surface area (Å²) in [6.07, 6.45) is 0. The van der Waals surface area contributed by atoms with Crippen LogP contribution in [0.2, 0.25) is 0 Å². The number of halogens is 2. The molecule has 0 fully saturated rings. The molecule has 1 aromatic heterocycles. The first-order chi connectivity index (χ1) is 12.1.